The third-order valence-electron chi connectivity index (χ3n) is 2.59. The number of hydrogen-bond acceptors (Lipinski definition) is 4. The molecule has 0 spiro atoms. The first-order valence-corrected chi connectivity index (χ1v) is 6.66. The van der Waals surface area contributed by atoms with Crippen LogP contribution in [0.25, 0.3) is 5.57 Å². The van der Waals surface area contributed by atoms with E-state index in [1.807, 2.05) is 6.92 Å². The summed E-state index contributed by atoms with van der Waals surface area (Å²) in [5.41, 5.74) is 1.15. The Labute approximate surface area is 124 Å². The van der Waals surface area contributed by atoms with Crippen LogP contribution in [0.5, 0.6) is 0 Å². The lowest BCUT2D eigenvalue weighted by Gasteiger charge is -2.19. The van der Waals surface area contributed by atoms with E-state index >= 15 is 0 Å². The standard InChI is InChI=1S/C15H20N2O4/c1-5-11(10-16-14(18)21-15(2,3)4)12-6-8-13(9-7-12)17(19)20/h6-10H,5H2,1-4H3,(H,16,18)/b11-10+. The number of rotatable bonds is 4. The van der Waals surface area contributed by atoms with Crippen molar-refractivity contribution in [1.82, 2.24) is 5.32 Å². The molecule has 0 radical (unpaired) electrons. The molecule has 1 aromatic carbocycles. The minimum atomic E-state index is -0.558. The summed E-state index contributed by atoms with van der Waals surface area (Å²) in [5.74, 6) is 0. The number of nitro groups is 1. The van der Waals surface area contributed by atoms with Crippen LogP contribution in [0.2, 0.25) is 0 Å². The Morgan fingerprint density at radius 2 is 1.90 bits per heavy atom. The molecule has 0 saturated carbocycles. The van der Waals surface area contributed by atoms with Gasteiger partial charge in [-0.25, -0.2) is 4.79 Å². The van der Waals surface area contributed by atoms with Crippen LogP contribution >= 0.6 is 0 Å². The number of ether oxygens (including phenoxy) is 1. The first kappa shape index (κ1) is 16.7. The second-order valence-corrected chi connectivity index (χ2v) is 5.47. The number of amides is 1. The van der Waals surface area contributed by atoms with Crippen molar-refractivity contribution in [3.8, 4) is 0 Å². The summed E-state index contributed by atoms with van der Waals surface area (Å²) in [6.07, 6.45) is 1.71. The normalized spacial score (nSPS) is 11.9. The number of alkyl carbamates (subject to hydrolysis) is 1. The first-order chi connectivity index (χ1) is 9.73. The molecule has 0 saturated heterocycles. The van der Waals surface area contributed by atoms with Crippen molar-refractivity contribution in [2.45, 2.75) is 39.7 Å². The second-order valence-electron chi connectivity index (χ2n) is 5.47. The van der Waals surface area contributed by atoms with Crippen molar-refractivity contribution >= 4 is 17.4 Å². The molecule has 21 heavy (non-hydrogen) atoms. The van der Waals surface area contributed by atoms with Crippen LogP contribution < -0.4 is 5.32 Å². The fraction of sp³-hybridized carbons (Fsp3) is 0.400. The van der Waals surface area contributed by atoms with Crippen LogP contribution in [0.4, 0.5) is 10.5 Å². The largest absolute Gasteiger partial charge is 0.444 e. The first-order valence-electron chi connectivity index (χ1n) is 6.66. The smallest absolute Gasteiger partial charge is 0.411 e. The molecule has 114 valence electrons. The number of nitrogens with zero attached hydrogens (tertiary/aromatic N) is 1. The van der Waals surface area contributed by atoms with Gasteiger partial charge in [-0.05, 0) is 50.5 Å². The maximum absolute atomic E-state index is 11.6. The van der Waals surface area contributed by atoms with Gasteiger partial charge in [-0.15, -0.1) is 0 Å². The van der Waals surface area contributed by atoms with Crippen LogP contribution in [0, 0.1) is 10.1 Å². The van der Waals surface area contributed by atoms with Gasteiger partial charge in [-0.2, -0.15) is 0 Å². The summed E-state index contributed by atoms with van der Waals surface area (Å²) < 4.78 is 5.14. The maximum Gasteiger partial charge on any atom is 0.411 e. The minimum absolute atomic E-state index is 0.0364. The highest BCUT2D eigenvalue weighted by Gasteiger charge is 2.15. The fourth-order valence-corrected chi connectivity index (χ4v) is 1.64. The molecule has 1 aromatic rings. The van der Waals surface area contributed by atoms with E-state index in [0.717, 1.165) is 11.1 Å². The topological polar surface area (TPSA) is 81.5 Å². The summed E-state index contributed by atoms with van der Waals surface area (Å²) in [7, 11) is 0. The van der Waals surface area contributed by atoms with Crippen molar-refractivity contribution in [1.29, 1.82) is 0 Å². The van der Waals surface area contributed by atoms with Crippen LogP contribution in [-0.2, 0) is 4.74 Å². The van der Waals surface area contributed by atoms with Gasteiger partial charge in [0.15, 0.2) is 0 Å². The molecule has 0 aromatic heterocycles. The number of carbonyl (C=O) groups excluding carboxylic acids is 1. The van der Waals surface area contributed by atoms with Crippen molar-refractivity contribution in [3.63, 3.8) is 0 Å². The molecule has 1 amide bonds. The fourth-order valence-electron chi connectivity index (χ4n) is 1.64. The molecule has 0 fully saturated rings. The molecule has 0 unspecified atom stereocenters. The summed E-state index contributed by atoms with van der Waals surface area (Å²) in [5, 5.41) is 13.2. The van der Waals surface area contributed by atoms with Gasteiger partial charge in [0.2, 0.25) is 0 Å². The molecule has 0 aliphatic heterocycles. The maximum atomic E-state index is 11.6. The van der Waals surface area contributed by atoms with Crippen LogP contribution in [0.15, 0.2) is 30.5 Å². The van der Waals surface area contributed by atoms with Gasteiger partial charge in [0.05, 0.1) is 4.92 Å². The van der Waals surface area contributed by atoms with Crippen molar-refractivity contribution < 1.29 is 14.5 Å². The lowest BCUT2D eigenvalue weighted by molar-refractivity contribution is -0.384. The zero-order valence-electron chi connectivity index (χ0n) is 12.7. The lowest BCUT2D eigenvalue weighted by Crippen LogP contribution is -2.29. The Balaban J connectivity index is 2.80. The number of non-ortho nitro benzene ring substituents is 1. The highest BCUT2D eigenvalue weighted by molar-refractivity contribution is 5.73. The van der Waals surface area contributed by atoms with E-state index in [2.05, 4.69) is 5.32 Å². The van der Waals surface area contributed by atoms with Crippen LogP contribution in [0.3, 0.4) is 0 Å². The Morgan fingerprint density at radius 3 is 2.33 bits per heavy atom. The lowest BCUT2D eigenvalue weighted by atomic mass is 10.0. The van der Waals surface area contributed by atoms with Crippen molar-refractivity contribution in [2.75, 3.05) is 0 Å². The van der Waals surface area contributed by atoms with E-state index in [0.29, 0.717) is 6.42 Å². The zero-order valence-corrected chi connectivity index (χ0v) is 12.7. The average Bonchev–Trinajstić information content (AvgIpc) is 2.38. The van der Waals surface area contributed by atoms with Gasteiger partial charge in [0.25, 0.3) is 5.69 Å². The Kier molecular flexibility index (Phi) is 5.46. The van der Waals surface area contributed by atoms with Gasteiger partial charge in [-0.3, -0.25) is 15.4 Å². The number of benzene rings is 1. The SMILES string of the molecule is CC/C(=C\NC(=O)OC(C)(C)C)c1ccc([N+](=O)[O-])cc1. The molecule has 0 heterocycles. The van der Waals surface area contributed by atoms with E-state index in [4.69, 9.17) is 4.74 Å². The molecule has 6 nitrogen and oxygen atoms in total. The Bertz CT molecular complexity index is 542. The third-order valence-corrected chi connectivity index (χ3v) is 2.59. The highest BCUT2D eigenvalue weighted by Crippen LogP contribution is 2.20. The summed E-state index contributed by atoms with van der Waals surface area (Å²) in [4.78, 5) is 21.8. The second kappa shape index (κ2) is 6.88. The minimum Gasteiger partial charge on any atom is -0.444 e. The molecular weight excluding hydrogens is 272 g/mol. The van der Waals surface area contributed by atoms with Crippen molar-refractivity contribution in [2.24, 2.45) is 0 Å². The third kappa shape index (κ3) is 5.64. The summed E-state index contributed by atoms with van der Waals surface area (Å²) >= 11 is 0. The van der Waals surface area contributed by atoms with Crippen LogP contribution in [-0.4, -0.2) is 16.6 Å². The zero-order chi connectivity index (χ0) is 16.0. The molecule has 0 atom stereocenters. The molecule has 0 aliphatic carbocycles. The molecule has 1 rings (SSSR count). The quantitative estimate of drug-likeness (QED) is 0.674. The van der Waals surface area contributed by atoms with E-state index in [1.165, 1.54) is 12.1 Å². The van der Waals surface area contributed by atoms with Gasteiger partial charge in [0.1, 0.15) is 5.60 Å². The van der Waals surface area contributed by atoms with E-state index in [-0.39, 0.29) is 5.69 Å². The van der Waals surface area contributed by atoms with Gasteiger partial charge in [0, 0.05) is 18.3 Å². The van der Waals surface area contributed by atoms with Gasteiger partial charge >= 0.3 is 6.09 Å². The average molecular weight is 292 g/mol. The monoisotopic (exact) mass is 292 g/mol. The molecule has 0 aliphatic rings. The molecule has 6 heteroatoms. The van der Waals surface area contributed by atoms with E-state index < -0.39 is 16.6 Å². The number of hydrogen-bond donors (Lipinski definition) is 1. The number of allylic oxidation sites excluding steroid dienone is 1. The molecular formula is C15H20N2O4. The summed E-state index contributed by atoms with van der Waals surface area (Å²) in [6.45, 7) is 7.29. The predicted octanol–water partition coefficient (Wildman–Crippen LogP) is 3.87. The highest BCUT2D eigenvalue weighted by atomic mass is 16.6. The van der Waals surface area contributed by atoms with Gasteiger partial charge in [-0.1, -0.05) is 6.92 Å². The summed E-state index contributed by atoms with van der Waals surface area (Å²) in [6, 6.07) is 6.19. The van der Waals surface area contributed by atoms with E-state index in [1.54, 1.807) is 39.1 Å². The van der Waals surface area contributed by atoms with E-state index in [9.17, 15) is 14.9 Å². The number of nitrogens with one attached hydrogen (secondary N) is 1. The van der Waals surface area contributed by atoms with Crippen LogP contribution in [0.1, 0.15) is 39.7 Å². The van der Waals surface area contributed by atoms with Crippen molar-refractivity contribution in [3.05, 3.63) is 46.1 Å². The Hall–Kier alpha value is -2.37. The Morgan fingerprint density at radius 1 is 1.33 bits per heavy atom. The molecule has 1 N–H and O–H groups in total. The molecule has 0 bridgehead atoms. The number of nitro benzene ring substituents is 1. The predicted molar refractivity (Wildman–Crippen MR) is 80.7 cm³/mol. The number of carbonyl (C=O) groups is 1. The van der Waals surface area contributed by atoms with Gasteiger partial charge < -0.3 is 4.74 Å².